The van der Waals surface area contributed by atoms with Crippen LogP contribution in [0.3, 0.4) is 0 Å². The summed E-state index contributed by atoms with van der Waals surface area (Å²) >= 11 is 5.87. The Labute approximate surface area is 100 Å². The molecular weight excluding hydrogens is 226 g/mol. The van der Waals surface area contributed by atoms with Crippen LogP contribution in [0.5, 0.6) is 0 Å². The molecule has 1 aromatic rings. The summed E-state index contributed by atoms with van der Waals surface area (Å²) in [5.74, 6) is -1.05. The van der Waals surface area contributed by atoms with E-state index in [0.29, 0.717) is 10.6 Å². The third-order valence-corrected chi connectivity index (χ3v) is 2.66. The Morgan fingerprint density at radius 3 is 2.44 bits per heavy atom. The lowest BCUT2D eigenvalue weighted by Crippen LogP contribution is -2.25. The van der Waals surface area contributed by atoms with Gasteiger partial charge in [0.1, 0.15) is 6.04 Å². The molecule has 1 rings (SSSR count). The number of halogens is 1. The molecule has 4 heteroatoms. The van der Waals surface area contributed by atoms with E-state index in [9.17, 15) is 4.79 Å². The quantitative estimate of drug-likeness (QED) is 0.837. The maximum absolute atomic E-state index is 10.9. The smallest absolute Gasteiger partial charge is 0.325 e. The predicted octanol–water partition coefficient (Wildman–Crippen LogP) is 2.72. The molecule has 1 unspecified atom stereocenters. The minimum Gasteiger partial charge on any atom is -0.480 e. The molecule has 0 saturated heterocycles. The lowest BCUT2D eigenvalue weighted by molar-refractivity contribution is -0.138. The largest absolute Gasteiger partial charge is 0.480 e. The van der Waals surface area contributed by atoms with Gasteiger partial charge in [0, 0.05) is 5.02 Å². The number of carbonyl (C=O) groups is 1. The second kappa shape index (κ2) is 4.44. The summed E-state index contributed by atoms with van der Waals surface area (Å²) in [7, 11) is 0. The molecule has 0 heterocycles. The van der Waals surface area contributed by atoms with Crippen LogP contribution in [0.1, 0.15) is 37.9 Å². The van der Waals surface area contributed by atoms with E-state index in [0.717, 1.165) is 5.56 Å². The highest BCUT2D eigenvalue weighted by molar-refractivity contribution is 6.30. The predicted molar refractivity (Wildman–Crippen MR) is 64.7 cm³/mol. The van der Waals surface area contributed by atoms with Crippen molar-refractivity contribution >= 4 is 17.6 Å². The van der Waals surface area contributed by atoms with E-state index in [-0.39, 0.29) is 5.41 Å². The summed E-state index contributed by atoms with van der Waals surface area (Å²) in [5.41, 5.74) is 6.97. The Morgan fingerprint density at radius 1 is 1.44 bits per heavy atom. The van der Waals surface area contributed by atoms with Crippen molar-refractivity contribution < 1.29 is 9.90 Å². The van der Waals surface area contributed by atoms with Crippen molar-refractivity contribution in [2.24, 2.45) is 5.73 Å². The number of carboxylic acids is 1. The average Bonchev–Trinajstić information content (AvgIpc) is 2.14. The molecule has 0 bridgehead atoms. The third-order valence-electron chi connectivity index (χ3n) is 2.42. The summed E-state index contributed by atoms with van der Waals surface area (Å²) < 4.78 is 0. The molecule has 0 saturated carbocycles. The second-order valence-electron chi connectivity index (χ2n) is 4.80. The summed E-state index contributed by atoms with van der Waals surface area (Å²) in [6, 6.07) is 4.18. The first kappa shape index (κ1) is 13.0. The normalized spacial score (nSPS) is 13.6. The van der Waals surface area contributed by atoms with Gasteiger partial charge in [0.15, 0.2) is 0 Å². The van der Waals surface area contributed by atoms with Gasteiger partial charge in [-0.2, -0.15) is 0 Å². The maximum atomic E-state index is 10.9. The van der Waals surface area contributed by atoms with Gasteiger partial charge in [-0.05, 0) is 28.7 Å². The third kappa shape index (κ3) is 2.74. The van der Waals surface area contributed by atoms with Crippen LogP contribution in [0.4, 0.5) is 0 Å². The number of benzene rings is 1. The topological polar surface area (TPSA) is 63.3 Å². The van der Waals surface area contributed by atoms with Gasteiger partial charge in [-0.15, -0.1) is 0 Å². The summed E-state index contributed by atoms with van der Waals surface area (Å²) in [5, 5.41) is 9.45. The lowest BCUT2D eigenvalue weighted by atomic mass is 9.82. The van der Waals surface area contributed by atoms with Crippen LogP contribution >= 0.6 is 11.6 Å². The molecule has 0 aliphatic rings. The molecule has 3 nitrogen and oxygen atoms in total. The van der Waals surface area contributed by atoms with Crippen molar-refractivity contribution in [2.45, 2.75) is 32.2 Å². The van der Waals surface area contributed by atoms with Crippen molar-refractivity contribution in [1.82, 2.24) is 0 Å². The number of aliphatic carboxylic acids is 1. The van der Waals surface area contributed by atoms with Gasteiger partial charge in [0.05, 0.1) is 0 Å². The SMILES string of the molecule is CC(C)(C)c1ccc(Cl)cc1C(N)C(=O)O. The fourth-order valence-corrected chi connectivity index (χ4v) is 1.79. The van der Waals surface area contributed by atoms with Crippen LogP contribution < -0.4 is 5.73 Å². The van der Waals surface area contributed by atoms with Crippen molar-refractivity contribution in [2.75, 3.05) is 0 Å². The van der Waals surface area contributed by atoms with Gasteiger partial charge in [0.2, 0.25) is 0 Å². The van der Waals surface area contributed by atoms with E-state index >= 15 is 0 Å². The molecule has 0 aliphatic heterocycles. The Balaban J connectivity index is 3.35. The molecule has 88 valence electrons. The van der Waals surface area contributed by atoms with Crippen LogP contribution in [0, 0.1) is 0 Å². The first-order chi connectivity index (χ1) is 7.23. The zero-order valence-electron chi connectivity index (χ0n) is 9.62. The zero-order chi connectivity index (χ0) is 12.5. The molecule has 0 aromatic heterocycles. The Bertz CT molecular complexity index is 410. The first-order valence-corrected chi connectivity index (χ1v) is 5.39. The highest BCUT2D eigenvalue weighted by Crippen LogP contribution is 2.31. The van der Waals surface area contributed by atoms with Crippen molar-refractivity contribution in [3.63, 3.8) is 0 Å². The number of carboxylic acid groups (broad SMARTS) is 1. The van der Waals surface area contributed by atoms with Crippen molar-refractivity contribution in [3.05, 3.63) is 34.3 Å². The highest BCUT2D eigenvalue weighted by Gasteiger charge is 2.24. The molecule has 0 spiro atoms. The fourth-order valence-electron chi connectivity index (χ4n) is 1.61. The second-order valence-corrected chi connectivity index (χ2v) is 5.23. The fraction of sp³-hybridized carbons (Fsp3) is 0.417. The Hall–Kier alpha value is -1.06. The monoisotopic (exact) mass is 241 g/mol. The molecule has 16 heavy (non-hydrogen) atoms. The van der Waals surface area contributed by atoms with Gasteiger partial charge < -0.3 is 10.8 Å². The van der Waals surface area contributed by atoms with Gasteiger partial charge in [-0.25, -0.2) is 0 Å². The van der Waals surface area contributed by atoms with E-state index < -0.39 is 12.0 Å². The van der Waals surface area contributed by atoms with Crippen LogP contribution in [0.25, 0.3) is 0 Å². The first-order valence-electron chi connectivity index (χ1n) is 5.02. The van der Waals surface area contributed by atoms with Crippen LogP contribution in [-0.2, 0) is 10.2 Å². The zero-order valence-corrected chi connectivity index (χ0v) is 10.4. The molecule has 0 fully saturated rings. The van der Waals surface area contributed by atoms with E-state index in [2.05, 4.69) is 0 Å². The van der Waals surface area contributed by atoms with Gasteiger partial charge in [0.25, 0.3) is 0 Å². The summed E-state index contributed by atoms with van der Waals surface area (Å²) in [6.07, 6.45) is 0. The minimum absolute atomic E-state index is 0.160. The molecular formula is C12H16ClNO2. The van der Waals surface area contributed by atoms with E-state index in [1.807, 2.05) is 26.8 Å². The molecule has 1 atom stereocenters. The van der Waals surface area contributed by atoms with Gasteiger partial charge in [-0.1, -0.05) is 38.4 Å². The van der Waals surface area contributed by atoms with Crippen molar-refractivity contribution in [3.8, 4) is 0 Å². The van der Waals surface area contributed by atoms with E-state index in [4.69, 9.17) is 22.4 Å². The molecule has 1 aromatic carbocycles. The summed E-state index contributed by atoms with van der Waals surface area (Å²) in [6.45, 7) is 6.02. The number of hydrogen-bond acceptors (Lipinski definition) is 2. The van der Waals surface area contributed by atoms with Gasteiger partial charge in [-0.3, -0.25) is 4.79 Å². The Kier molecular flexibility index (Phi) is 3.61. The lowest BCUT2D eigenvalue weighted by Gasteiger charge is -2.24. The molecule has 0 radical (unpaired) electrons. The number of nitrogens with two attached hydrogens (primary N) is 1. The van der Waals surface area contributed by atoms with Crippen LogP contribution in [-0.4, -0.2) is 11.1 Å². The standard InChI is InChI=1S/C12H16ClNO2/c1-12(2,3)9-5-4-7(13)6-8(9)10(14)11(15)16/h4-6,10H,14H2,1-3H3,(H,15,16). The molecule has 3 N–H and O–H groups in total. The summed E-state index contributed by atoms with van der Waals surface area (Å²) in [4.78, 5) is 10.9. The Morgan fingerprint density at radius 2 is 2.00 bits per heavy atom. The molecule has 0 aliphatic carbocycles. The van der Waals surface area contributed by atoms with Crippen LogP contribution in [0.2, 0.25) is 5.02 Å². The average molecular weight is 242 g/mol. The maximum Gasteiger partial charge on any atom is 0.325 e. The van der Waals surface area contributed by atoms with E-state index in [1.165, 1.54) is 0 Å². The van der Waals surface area contributed by atoms with Crippen molar-refractivity contribution in [1.29, 1.82) is 0 Å². The van der Waals surface area contributed by atoms with Gasteiger partial charge >= 0.3 is 5.97 Å². The highest BCUT2D eigenvalue weighted by atomic mass is 35.5. The van der Waals surface area contributed by atoms with Crippen LogP contribution in [0.15, 0.2) is 18.2 Å². The number of rotatable bonds is 2. The number of hydrogen-bond donors (Lipinski definition) is 2. The molecule has 0 amide bonds. The van der Waals surface area contributed by atoms with E-state index in [1.54, 1.807) is 12.1 Å². The minimum atomic E-state index is -1.05.